The first kappa shape index (κ1) is 27.1. The van der Waals surface area contributed by atoms with Gasteiger partial charge in [-0.2, -0.15) is 0 Å². The maximum absolute atomic E-state index is 10.2. The molecule has 0 saturated carbocycles. The second-order valence-corrected chi connectivity index (χ2v) is 7.45. The lowest BCUT2D eigenvalue weighted by molar-refractivity contribution is -0.140. The molecule has 156 valence electrons. The maximum Gasteiger partial charge on any atom is 0.305 e. The van der Waals surface area contributed by atoms with Gasteiger partial charge < -0.3 is 20.4 Å². The number of aliphatic hydroxyl groups is 2. The fourth-order valence-corrected chi connectivity index (χ4v) is 2.84. The van der Waals surface area contributed by atoms with E-state index in [-0.39, 0.29) is 12.8 Å². The van der Waals surface area contributed by atoms with Gasteiger partial charge in [0.15, 0.2) is 0 Å². The van der Waals surface area contributed by atoms with E-state index in [9.17, 15) is 19.8 Å². The molecule has 26 heavy (non-hydrogen) atoms. The Morgan fingerprint density at radius 2 is 0.962 bits per heavy atom. The first-order chi connectivity index (χ1) is 12.1. The normalized spacial score (nSPS) is 15.3. The molecule has 0 amide bonds. The molecular weight excluding hydrogens is 336 g/mol. The summed E-state index contributed by atoms with van der Waals surface area (Å²) < 4.78 is 0. The van der Waals surface area contributed by atoms with E-state index in [2.05, 4.69) is 27.7 Å². The van der Waals surface area contributed by atoms with Crippen LogP contribution in [0.5, 0.6) is 0 Å². The van der Waals surface area contributed by atoms with Crippen molar-refractivity contribution >= 4 is 11.9 Å². The van der Waals surface area contributed by atoms with Gasteiger partial charge >= 0.3 is 11.9 Å². The van der Waals surface area contributed by atoms with Crippen molar-refractivity contribution in [3.63, 3.8) is 0 Å². The summed E-state index contributed by atoms with van der Waals surface area (Å²) >= 11 is 0. The quantitative estimate of drug-likeness (QED) is 0.363. The first-order valence-electron chi connectivity index (χ1n) is 9.91. The number of rotatable bonds is 14. The van der Waals surface area contributed by atoms with E-state index in [1.807, 2.05) is 0 Å². The van der Waals surface area contributed by atoms with Crippen LogP contribution in [0.2, 0.25) is 0 Å². The third-order valence-electron chi connectivity index (χ3n) is 4.37. The molecule has 0 bridgehead atoms. The Morgan fingerprint density at radius 1 is 0.654 bits per heavy atom. The lowest BCUT2D eigenvalue weighted by Crippen LogP contribution is -2.13. The summed E-state index contributed by atoms with van der Waals surface area (Å²) in [6.45, 7) is 8.53. The van der Waals surface area contributed by atoms with Crippen LogP contribution < -0.4 is 0 Å². The van der Waals surface area contributed by atoms with Gasteiger partial charge in [0.25, 0.3) is 0 Å². The molecule has 0 aliphatic rings. The van der Waals surface area contributed by atoms with Crippen molar-refractivity contribution in [3.05, 3.63) is 0 Å². The molecule has 4 N–H and O–H groups in total. The molecule has 0 rings (SSSR count). The average molecular weight is 377 g/mol. The van der Waals surface area contributed by atoms with Crippen LogP contribution >= 0.6 is 0 Å². The van der Waals surface area contributed by atoms with E-state index in [1.54, 1.807) is 0 Å². The smallest absolute Gasteiger partial charge is 0.305 e. The third-order valence-corrected chi connectivity index (χ3v) is 4.37. The summed E-state index contributed by atoms with van der Waals surface area (Å²) in [7, 11) is 0. The van der Waals surface area contributed by atoms with Crippen LogP contribution in [0.4, 0.5) is 0 Å². The molecule has 0 aromatic rings. The second kappa shape index (κ2) is 17.3. The summed E-state index contributed by atoms with van der Waals surface area (Å²) in [4.78, 5) is 20.4. The zero-order valence-electron chi connectivity index (χ0n) is 17.0. The molecule has 0 aromatic heterocycles. The number of aliphatic hydroxyl groups excluding tert-OH is 2. The van der Waals surface area contributed by atoms with Crippen LogP contribution in [0.3, 0.4) is 0 Å². The number of hydrogen-bond donors (Lipinski definition) is 4. The predicted molar refractivity (Wildman–Crippen MR) is 103 cm³/mol. The maximum atomic E-state index is 10.2. The molecule has 6 nitrogen and oxygen atoms in total. The van der Waals surface area contributed by atoms with Crippen LogP contribution in [0.25, 0.3) is 0 Å². The van der Waals surface area contributed by atoms with E-state index in [0.717, 1.165) is 38.5 Å². The summed E-state index contributed by atoms with van der Waals surface area (Å²) in [5.74, 6) is -0.659. The van der Waals surface area contributed by atoms with Gasteiger partial charge in [0, 0.05) is 0 Å². The minimum Gasteiger partial charge on any atom is -0.481 e. The van der Waals surface area contributed by atoms with E-state index in [0.29, 0.717) is 24.7 Å². The lowest BCUT2D eigenvalue weighted by atomic mass is 9.97. The second-order valence-electron chi connectivity index (χ2n) is 7.45. The van der Waals surface area contributed by atoms with Crippen molar-refractivity contribution in [2.24, 2.45) is 11.8 Å². The largest absolute Gasteiger partial charge is 0.481 e. The fraction of sp³-hybridized carbons (Fsp3) is 0.900. The fourth-order valence-electron chi connectivity index (χ4n) is 2.84. The monoisotopic (exact) mass is 376 g/mol. The molecule has 4 atom stereocenters. The summed E-state index contributed by atoms with van der Waals surface area (Å²) in [6, 6.07) is 0. The Morgan fingerprint density at radius 3 is 1.19 bits per heavy atom. The molecule has 0 radical (unpaired) electrons. The summed E-state index contributed by atoms with van der Waals surface area (Å²) in [5.41, 5.74) is 0. The van der Waals surface area contributed by atoms with Crippen LogP contribution in [-0.2, 0) is 9.59 Å². The van der Waals surface area contributed by atoms with Crippen LogP contribution in [0.1, 0.15) is 91.9 Å². The van der Waals surface area contributed by atoms with Gasteiger partial charge in [0.05, 0.1) is 25.0 Å². The molecule has 0 saturated heterocycles. The molecule has 0 aliphatic heterocycles. The van der Waals surface area contributed by atoms with Crippen LogP contribution in [-0.4, -0.2) is 44.6 Å². The number of aliphatic carboxylic acids is 2. The third kappa shape index (κ3) is 20.9. The highest BCUT2D eigenvalue weighted by Gasteiger charge is 2.11. The lowest BCUT2D eigenvalue weighted by Gasteiger charge is -2.12. The Labute approximate surface area is 158 Å². The van der Waals surface area contributed by atoms with Crippen LogP contribution in [0.15, 0.2) is 0 Å². The minimum atomic E-state index is -0.921. The first-order valence-corrected chi connectivity index (χ1v) is 9.91. The predicted octanol–water partition coefficient (Wildman–Crippen LogP) is 4.08. The topological polar surface area (TPSA) is 115 Å². The molecular formula is C20H40O6. The highest BCUT2D eigenvalue weighted by atomic mass is 16.4. The van der Waals surface area contributed by atoms with E-state index < -0.39 is 24.1 Å². The SMILES string of the molecule is CCCC(C)CCC(O)CC(=O)O.CCCC(C)CCC(O)CC(=O)O. The Bertz CT molecular complexity index is 324. The molecule has 0 aliphatic carbocycles. The highest BCUT2D eigenvalue weighted by Crippen LogP contribution is 2.15. The number of hydrogen-bond acceptors (Lipinski definition) is 4. The molecule has 0 aromatic carbocycles. The summed E-state index contributed by atoms with van der Waals surface area (Å²) in [5, 5.41) is 35.3. The summed E-state index contributed by atoms with van der Waals surface area (Å²) in [6.07, 6.45) is 6.06. The Kier molecular flexibility index (Phi) is 18.0. The number of carboxylic acid groups (broad SMARTS) is 2. The number of carboxylic acids is 2. The van der Waals surface area contributed by atoms with E-state index in [1.165, 1.54) is 0 Å². The van der Waals surface area contributed by atoms with Gasteiger partial charge in [0.1, 0.15) is 0 Å². The van der Waals surface area contributed by atoms with Gasteiger partial charge in [-0.25, -0.2) is 0 Å². The molecule has 0 heterocycles. The average Bonchev–Trinajstić information content (AvgIpc) is 2.51. The number of carbonyl (C=O) groups is 2. The van der Waals surface area contributed by atoms with Crippen molar-refractivity contribution in [1.29, 1.82) is 0 Å². The molecule has 0 spiro atoms. The Hall–Kier alpha value is -1.14. The minimum absolute atomic E-state index is 0.126. The van der Waals surface area contributed by atoms with Crippen molar-refractivity contribution in [2.45, 2.75) is 104 Å². The van der Waals surface area contributed by atoms with Crippen molar-refractivity contribution < 1.29 is 30.0 Å². The van der Waals surface area contributed by atoms with Gasteiger partial charge in [-0.1, -0.05) is 53.4 Å². The zero-order valence-corrected chi connectivity index (χ0v) is 17.0. The highest BCUT2D eigenvalue weighted by molar-refractivity contribution is 5.67. The molecule has 0 fully saturated rings. The standard InChI is InChI=1S/2C10H20O3/c2*1-3-4-8(2)5-6-9(11)7-10(12)13/h2*8-9,11H,3-7H2,1-2H3,(H,12,13). The molecule has 4 unspecified atom stereocenters. The van der Waals surface area contributed by atoms with Crippen molar-refractivity contribution in [1.82, 2.24) is 0 Å². The van der Waals surface area contributed by atoms with E-state index in [4.69, 9.17) is 10.2 Å². The van der Waals surface area contributed by atoms with Gasteiger partial charge in [0.2, 0.25) is 0 Å². The van der Waals surface area contributed by atoms with Crippen molar-refractivity contribution in [2.75, 3.05) is 0 Å². The molecule has 6 heteroatoms. The van der Waals surface area contributed by atoms with E-state index >= 15 is 0 Å². The Balaban J connectivity index is 0. The van der Waals surface area contributed by atoms with Crippen LogP contribution in [0, 0.1) is 11.8 Å². The zero-order chi connectivity index (χ0) is 20.5. The van der Waals surface area contributed by atoms with Gasteiger partial charge in [-0.3, -0.25) is 9.59 Å². The van der Waals surface area contributed by atoms with Gasteiger partial charge in [-0.15, -0.1) is 0 Å². The van der Waals surface area contributed by atoms with Crippen molar-refractivity contribution in [3.8, 4) is 0 Å². The van der Waals surface area contributed by atoms with Gasteiger partial charge in [-0.05, 0) is 37.5 Å².